The summed E-state index contributed by atoms with van der Waals surface area (Å²) in [7, 11) is 0. The normalized spacial score (nSPS) is 22.0. The third-order valence-electron chi connectivity index (χ3n) is 3.07. The maximum Gasteiger partial charge on any atom is 0.220 e. The van der Waals surface area contributed by atoms with Crippen LogP contribution in [0.2, 0.25) is 0 Å². The van der Waals surface area contributed by atoms with Crippen molar-refractivity contribution < 1.29 is 9.53 Å². The number of carbonyl (C=O) groups excluding carboxylic acids is 1. The molecule has 1 saturated heterocycles. The summed E-state index contributed by atoms with van der Waals surface area (Å²) in [5.41, 5.74) is 5.46. The Kier molecular flexibility index (Phi) is 6.42. The molecule has 4 nitrogen and oxygen atoms in total. The highest BCUT2D eigenvalue weighted by Gasteiger charge is 2.16. The van der Waals surface area contributed by atoms with Gasteiger partial charge in [0.1, 0.15) is 0 Å². The molecule has 0 spiro atoms. The van der Waals surface area contributed by atoms with Gasteiger partial charge in [-0.1, -0.05) is 6.92 Å². The molecule has 0 bridgehead atoms. The zero-order valence-electron chi connectivity index (χ0n) is 10.2. The predicted octanol–water partition coefficient (Wildman–Crippen LogP) is 1.05. The number of ether oxygens (including phenoxy) is 1. The number of carbonyl (C=O) groups is 1. The molecule has 1 fully saturated rings. The number of amides is 1. The first-order valence-corrected chi connectivity index (χ1v) is 6.30. The fraction of sp³-hybridized carbons (Fsp3) is 0.917. The molecular weight excluding hydrogens is 204 g/mol. The molecule has 1 aliphatic heterocycles. The number of nitrogens with two attached hydrogens (primary N) is 1. The lowest BCUT2D eigenvalue weighted by atomic mass is 10.0. The summed E-state index contributed by atoms with van der Waals surface area (Å²) in [5.74, 6) is 0.679. The van der Waals surface area contributed by atoms with Crippen molar-refractivity contribution in [2.24, 2.45) is 11.7 Å². The van der Waals surface area contributed by atoms with Crippen molar-refractivity contribution in [3.63, 3.8) is 0 Å². The molecule has 16 heavy (non-hydrogen) atoms. The van der Waals surface area contributed by atoms with Crippen LogP contribution >= 0.6 is 0 Å². The van der Waals surface area contributed by atoms with Gasteiger partial charge in [-0.3, -0.25) is 4.79 Å². The van der Waals surface area contributed by atoms with E-state index >= 15 is 0 Å². The minimum absolute atomic E-state index is 0.138. The van der Waals surface area contributed by atoms with Gasteiger partial charge in [-0.2, -0.15) is 0 Å². The van der Waals surface area contributed by atoms with Crippen LogP contribution in [0.3, 0.4) is 0 Å². The molecule has 1 amide bonds. The second kappa shape index (κ2) is 7.63. The second-order valence-corrected chi connectivity index (χ2v) is 4.66. The monoisotopic (exact) mass is 228 g/mol. The van der Waals surface area contributed by atoms with Crippen molar-refractivity contribution in [2.75, 3.05) is 19.7 Å². The molecule has 3 N–H and O–H groups in total. The van der Waals surface area contributed by atoms with Gasteiger partial charge >= 0.3 is 0 Å². The Labute approximate surface area is 97.9 Å². The molecule has 2 unspecified atom stereocenters. The van der Waals surface area contributed by atoms with E-state index in [1.54, 1.807) is 0 Å². The van der Waals surface area contributed by atoms with Crippen LogP contribution < -0.4 is 11.1 Å². The first-order valence-electron chi connectivity index (χ1n) is 6.30. The van der Waals surface area contributed by atoms with Crippen molar-refractivity contribution in [1.29, 1.82) is 0 Å². The molecule has 0 aromatic carbocycles. The molecule has 1 aliphatic rings. The maximum absolute atomic E-state index is 11.5. The van der Waals surface area contributed by atoms with Gasteiger partial charge in [0, 0.05) is 19.6 Å². The standard InChI is InChI=1S/C12H24N2O2/c1-10(6-7-13)4-5-12(15)14-9-11-3-2-8-16-11/h10-11H,2-9,13H2,1H3,(H,14,15). The van der Waals surface area contributed by atoms with Gasteiger partial charge in [-0.05, 0) is 38.1 Å². The highest BCUT2D eigenvalue weighted by Crippen LogP contribution is 2.11. The smallest absolute Gasteiger partial charge is 0.220 e. The Morgan fingerprint density at radius 3 is 3.00 bits per heavy atom. The number of rotatable bonds is 7. The van der Waals surface area contributed by atoms with Gasteiger partial charge in [-0.15, -0.1) is 0 Å². The van der Waals surface area contributed by atoms with E-state index in [-0.39, 0.29) is 12.0 Å². The fourth-order valence-corrected chi connectivity index (χ4v) is 1.93. The van der Waals surface area contributed by atoms with E-state index < -0.39 is 0 Å². The Morgan fingerprint density at radius 1 is 1.56 bits per heavy atom. The number of hydrogen-bond donors (Lipinski definition) is 2. The van der Waals surface area contributed by atoms with E-state index in [0.717, 1.165) is 32.3 Å². The fourth-order valence-electron chi connectivity index (χ4n) is 1.93. The molecule has 1 heterocycles. The summed E-state index contributed by atoms with van der Waals surface area (Å²) in [4.78, 5) is 11.5. The lowest BCUT2D eigenvalue weighted by molar-refractivity contribution is -0.121. The van der Waals surface area contributed by atoms with Gasteiger partial charge < -0.3 is 15.8 Å². The molecule has 0 aromatic rings. The van der Waals surface area contributed by atoms with Crippen LogP contribution in [0.1, 0.15) is 39.0 Å². The summed E-state index contributed by atoms with van der Waals surface area (Å²) in [5, 5.41) is 2.93. The van der Waals surface area contributed by atoms with E-state index in [1.807, 2.05) is 0 Å². The van der Waals surface area contributed by atoms with Crippen molar-refractivity contribution >= 4 is 5.91 Å². The van der Waals surface area contributed by atoms with Crippen LogP contribution in [0.4, 0.5) is 0 Å². The summed E-state index contributed by atoms with van der Waals surface area (Å²) >= 11 is 0. The molecule has 94 valence electrons. The molecule has 0 aromatic heterocycles. The van der Waals surface area contributed by atoms with Crippen molar-refractivity contribution in [2.45, 2.75) is 45.1 Å². The average Bonchev–Trinajstić information content (AvgIpc) is 2.77. The van der Waals surface area contributed by atoms with E-state index in [2.05, 4.69) is 12.2 Å². The average molecular weight is 228 g/mol. The predicted molar refractivity (Wildman–Crippen MR) is 64.1 cm³/mol. The van der Waals surface area contributed by atoms with Crippen molar-refractivity contribution in [3.8, 4) is 0 Å². The van der Waals surface area contributed by atoms with Gasteiger partial charge in [0.15, 0.2) is 0 Å². The van der Waals surface area contributed by atoms with Gasteiger partial charge in [0.05, 0.1) is 6.10 Å². The molecule has 0 radical (unpaired) electrons. The lowest BCUT2D eigenvalue weighted by Crippen LogP contribution is -2.31. The highest BCUT2D eigenvalue weighted by molar-refractivity contribution is 5.75. The highest BCUT2D eigenvalue weighted by atomic mass is 16.5. The SMILES string of the molecule is CC(CCN)CCC(=O)NCC1CCCO1. The molecule has 1 rings (SSSR count). The Balaban J connectivity index is 2.01. The van der Waals surface area contributed by atoms with E-state index in [4.69, 9.17) is 10.5 Å². The molecule has 2 atom stereocenters. The Bertz CT molecular complexity index is 203. The first kappa shape index (κ1) is 13.5. The van der Waals surface area contributed by atoms with E-state index in [9.17, 15) is 4.79 Å². The van der Waals surface area contributed by atoms with E-state index in [1.165, 1.54) is 0 Å². The third-order valence-corrected chi connectivity index (χ3v) is 3.07. The van der Waals surface area contributed by atoms with E-state index in [0.29, 0.717) is 25.4 Å². The van der Waals surface area contributed by atoms with Gasteiger partial charge in [0.25, 0.3) is 0 Å². The largest absolute Gasteiger partial charge is 0.376 e. The summed E-state index contributed by atoms with van der Waals surface area (Å²) in [6.07, 6.45) is 4.96. The summed E-state index contributed by atoms with van der Waals surface area (Å²) in [6, 6.07) is 0. The second-order valence-electron chi connectivity index (χ2n) is 4.66. The zero-order valence-corrected chi connectivity index (χ0v) is 10.2. The number of nitrogens with one attached hydrogen (secondary N) is 1. The quantitative estimate of drug-likeness (QED) is 0.684. The first-order chi connectivity index (χ1) is 7.72. The zero-order chi connectivity index (χ0) is 11.8. The van der Waals surface area contributed by atoms with Gasteiger partial charge in [-0.25, -0.2) is 0 Å². The topological polar surface area (TPSA) is 64.4 Å². The molecule has 4 heteroatoms. The number of hydrogen-bond acceptors (Lipinski definition) is 3. The maximum atomic E-state index is 11.5. The summed E-state index contributed by atoms with van der Waals surface area (Å²) in [6.45, 7) is 4.36. The van der Waals surface area contributed by atoms with Crippen LogP contribution in [-0.4, -0.2) is 31.7 Å². The van der Waals surface area contributed by atoms with Crippen molar-refractivity contribution in [1.82, 2.24) is 5.32 Å². The van der Waals surface area contributed by atoms with Crippen molar-refractivity contribution in [3.05, 3.63) is 0 Å². The minimum atomic E-state index is 0.138. The lowest BCUT2D eigenvalue weighted by Gasteiger charge is -2.12. The molecule has 0 aliphatic carbocycles. The Hall–Kier alpha value is -0.610. The van der Waals surface area contributed by atoms with Crippen LogP contribution in [0, 0.1) is 5.92 Å². The van der Waals surface area contributed by atoms with Crippen LogP contribution in [0.25, 0.3) is 0 Å². The molecule has 0 saturated carbocycles. The third kappa shape index (κ3) is 5.47. The van der Waals surface area contributed by atoms with Gasteiger partial charge in [0.2, 0.25) is 5.91 Å². The summed E-state index contributed by atoms with van der Waals surface area (Å²) < 4.78 is 5.44. The van der Waals surface area contributed by atoms with Crippen LogP contribution in [0.15, 0.2) is 0 Å². The minimum Gasteiger partial charge on any atom is -0.376 e. The van der Waals surface area contributed by atoms with Crippen LogP contribution in [0.5, 0.6) is 0 Å². The van der Waals surface area contributed by atoms with Crippen LogP contribution in [-0.2, 0) is 9.53 Å². The Morgan fingerprint density at radius 2 is 2.38 bits per heavy atom. The molecular formula is C12H24N2O2.